The molecule has 0 radical (unpaired) electrons. The van der Waals surface area contributed by atoms with Gasteiger partial charge in [-0.2, -0.15) is 5.10 Å². The van der Waals surface area contributed by atoms with Gasteiger partial charge in [-0.3, -0.25) is 0 Å². The number of allylic oxidation sites excluding steroid dienone is 1. The third-order valence-electron chi connectivity index (χ3n) is 2.82. The van der Waals surface area contributed by atoms with Crippen LogP contribution >= 0.6 is 27.5 Å². The van der Waals surface area contributed by atoms with Crippen LogP contribution in [0.4, 0.5) is 5.82 Å². The zero-order valence-corrected chi connectivity index (χ0v) is 14.1. The summed E-state index contributed by atoms with van der Waals surface area (Å²) in [6.07, 6.45) is 6.08. The fourth-order valence-corrected chi connectivity index (χ4v) is 2.33. The van der Waals surface area contributed by atoms with Crippen LogP contribution in [0, 0.1) is 6.92 Å². The molecule has 0 aliphatic carbocycles. The molecule has 21 heavy (non-hydrogen) atoms. The van der Waals surface area contributed by atoms with Gasteiger partial charge in [0.15, 0.2) is 5.82 Å². The first kappa shape index (κ1) is 15.8. The Morgan fingerprint density at radius 3 is 2.76 bits per heavy atom. The van der Waals surface area contributed by atoms with E-state index in [1.807, 2.05) is 37.3 Å². The van der Waals surface area contributed by atoms with Crippen molar-refractivity contribution in [2.24, 2.45) is 4.99 Å². The number of aryl methyl sites for hydroxylation is 1. The van der Waals surface area contributed by atoms with Gasteiger partial charge < -0.3 is 4.74 Å². The monoisotopic (exact) mass is 367 g/mol. The van der Waals surface area contributed by atoms with Gasteiger partial charge >= 0.3 is 0 Å². The predicted octanol–water partition coefficient (Wildman–Crippen LogP) is 4.79. The number of para-hydroxylation sites is 1. The highest BCUT2D eigenvalue weighted by molar-refractivity contribution is 9.10. The first-order valence-electron chi connectivity index (χ1n) is 6.35. The van der Waals surface area contributed by atoms with Gasteiger partial charge in [-0.05, 0) is 40.6 Å². The lowest BCUT2D eigenvalue weighted by Gasteiger charge is -2.00. The van der Waals surface area contributed by atoms with Crippen LogP contribution in [-0.2, 0) is 0 Å². The van der Waals surface area contributed by atoms with E-state index in [9.17, 15) is 0 Å². The smallest absolute Gasteiger partial charge is 0.170 e. The van der Waals surface area contributed by atoms with Gasteiger partial charge in [-0.1, -0.05) is 29.8 Å². The van der Waals surface area contributed by atoms with E-state index in [-0.39, 0.29) is 0 Å². The number of hydrogen-bond donors (Lipinski definition) is 0. The highest BCUT2D eigenvalue weighted by atomic mass is 79.9. The molecule has 0 bridgehead atoms. The van der Waals surface area contributed by atoms with Crippen molar-refractivity contribution in [2.45, 2.75) is 13.3 Å². The standard InChI is InChI=1S/C8H10O.C7H5BrClN3/c1-7-5-3-4-6-8(7)9-2;8-5-4-11-12-6(9)2-1-3-10-7(5)12/h3-6H,1-2H3;2-4H,1H2. The van der Waals surface area contributed by atoms with Gasteiger partial charge in [-0.25, -0.2) is 9.67 Å². The second kappa shape index (κ2) is 7.43. The summed E-state index contributed by atoms with van der Waals surface area (Å²) in [5, 5.41) is 4.64. The van der Waals surface area contributed by atoms with E-state index < -0.39 is 0 Å². The predicted molar refractivity (Wildman–Crippen MR) is 90.6 cm³/mol. The molecule has 0 atom stereocenters. The molecule has 1 aliphatic heterocycles. The Balaban J connectivity index is 0.000000161. The number of fused-ring (bicyclic) bond motifs is 1. The molecule has 1 aromatic carbocycles. The number of aliphatic imine (C=N–C) groups is 1. The maximum atomic E-state index is 5.93. The molecule has 3 rings (SSSR count). The third-order valence-corrected chi connectivity index (χ3v) is 3.70. The Kier molecular flexibility index (Phi) is 5.59. The van der Waals surface area contributed by atoms with E-state index in [4.69, 9.17) is 16.3 Å². The largest absolute Gasteiger partial charge is 0.496 e. The quantitative estimate of drug-likeness (QED) is 0.726. The van der Waals surface area contributed by atoms with Crippen molar-refractivity contribution < 1.29 is 4.74 Å². The van der Waals surface area contributed by atoms with Crippen molar-refractivity contribution in [1.82, 2.24) is 9.78 Å². The zero-order chi connectivity index (χ0) is 15.2. The third kappa shape index (κ3) is 3.95. The van der Waals surface area contributed by atoms with Crippen LogP contribution in [0.3, 0.4) is 0 Å². The molecule has 0 saturated carbocycles. The Morgan fingerprint density at radius 1 is 1.33 bits per heavy atom. The first-order chi connectivity index (χ1) is 10.1. The number of nitrogens with zero attached hydrogens (tertiary/aromatic N) is 3. The number of halogens is 2. The van der Waals surface area contributed by atoms with Crippen LogP contribution in [0.1, 0.15) is 12.0 Å². The van der Waals surface area contributed by atoms with E-state index in [2.05, 4.69) is 26.0 Å². The van der Waals surface area contributed by atoms with Crippen LogP contribution in [-0.4, -0.2) is 23.1 Å². The summed E-state index contributed by atoms with van der Waals surface area (Å²) in [7, 11) is 1.68. The molecular formula is C15H15BrClN3O. The van der Waals surface area contributed by atoms with E-state index >= 15 is 0 Å². The summed E-state index contributed by atoms with van der Waals surface area (Å²) in [6, 6.07) is 7.94. The van der Waals surface area contributed by atoms with Gasteiger partial charge in [-0.15, -0.1) is 0 Å². The van der Waals surface area contributed by atoms with E-state index in [1.54, 1.807) is 24.2 Å². The summed E-state index contributed by atoms with van der Waals surface area (Å²) in [5.41, 5.74) is 1.18. The van der Waals surface area contributed by atoms with E-state index in [0.717, 1.165) is 22.5 Å². The van der Waals surface area contributed by atoms with Gasteiger partial charge in [0.25, 0.3) is 0 Å². The van der Waals surface area contributed by atoms with Gasteiger partial charge in [0, 0.05) is 12.6 Å². The fraction of sp³-hybridized carbons (Fsp3) is 0.200. The number of methoxy groups -OCH3 is 1. The number of benzene rings is 1. The molecule has 1 aromatic heterocycles. The minimum atomic E-state index is 0.591. The van der Waals surface area contributed by atoms with Gasteiger partial charge in [0.05, 0.1) is 17.8 Å². The Morgan fingerprint density at radius 2 is 2.10 bits per heavy atom. The van der Waals surface area contributed by atoms with Crippen molar-refractivity contribution in [2.75, 3.05) is 7.11 Å². The molecule has 0 amide bonds. The molecule has 4 nitrogen and oxygen atoms in total. The Labute approximate surface area is 137 Å². The van der Waals surface area contributed by atoms with E-state index in [1.165, 1.54) is 5.56 Å². The maximum Gasteiger partial charge on any atom is 0.170 e. The SMILES string of the molecule is COc1ccccc1C.ClC1=CCC=Nc2c(Br)cnn21. The van der Waals surface area contributed by atoms with Gasteiger partial charge in [0.1, 0.15) is 10.9 Å². The summed E-state index contributed by atoms with van der Waals surface area (Å²) < 4.78 is 7.49. The van der Waals surface area contributed by atoms with Crippen molar-refractivity contribution >= 4 is 44.7 Å². The molecule has 1 aliphatic rings. The number of ether oxygens (including phenoxy) is 1. The minimum Gasteiger partial charge on any atom is -0.496 e. The Bertz CT molecular complexity index is 679. The molecule has 2 aromatic rings. The lowest BCUT2D eigenvalue weighted by Crippen LogP contribution is -1.91. The van der Waals surface area contributed by atoms with Crippen LogP contribution in [0.5, 0.6) is 5.75 Å². The molecule has 0 saturated heterocycles. The lowest BCUT2D eigenvalue weighted by atomic mass is 10.2. The van der Waals surface area contributed by atoms with Crippen molar-refractivity contribution in [3.05, 3.63) is 46.6 Å². The Hall–Kier alpha value is -1.59. The van der Waals surface area contributed by atoms with Crippen LogP contribution in [0.15, 0.2) is 46.0 Å². The minimum absolute atomic E-state index is 0.591. The molecule has 110 valence electrons. The average molecular weight is 369 g/mol. The zero-order valence-electron chi connectivity index (χ0n) is 11.8. The highest BCUT2D eigenvalue weighted by Gasteiger charge is 2.10. The molecule has 0 unspecified atom stereocenters. The van der Waals surface area contributed by atoms with Crippen LogP contribution in [0.25, 0.3) is 5.16 Å². The second-order valence-electron chi connectivity index (χ2n) is 4.27. The molecule has 6 heteroatoms. The summed E-state index contributed by atoms with van der Waals surface area (Å²) >= 11 is 9.26. The van der Waals surface area contributed by atoms with Crippen LogP contribution < -0.4 is 4.74 Å². The molecule has 0 fully saturated rings. The summed E-state index contributed by atoms with van der Waals surface area (Å²) in [5.74, 6) is 1.70. The number of hydrogen-bond acceptors (Lipinski definition) is 3. The average Bonchev–Trinajstić information content (AvgIpc) is 2.75. The van der Waals surface area contributed by atoms with Crippen molar-refractivity contribution in [1.29, 1.82) is 0 Å². The number of aromatic nitrogens is 2. The topological polar surface area (TPSA) is 39.4 Å². The molecule has 0 N–H and O–H groups in total. The van der Waals surface area contributed by atoms with Crippen molar-refractivity contribution in [3.63, 3.8) is 0 Å². The normalized spacial score (nSPS) is 12.7. The van der Waals surface area contributed by atoms with Crippen LogP contribution in [0.2, 0.25) is 0 Å². The van der Waals surface area contributed by atoms with Gasteiger partial charge in [0.2, 0.25) is 0 Å². The number of rotatable bonds is 1. The summed E-state index contributed by atoms with van der Waals surface area (Å²) in [4.78, 5) is 4.19. The maximum absolute atomic E-state index is 5.93. The molecule has 0 spiro atoms. The molecule has 2 heterocycles. The lowest BCUT2D eigenvalue weighted by molar-refractivity contribution is 0.411. The molecular weight excluding hydrogens is 354 g/mol. The second-order valence-corrected chi connectivity index (χ2v) is 5.51. The van der Waals surface area contributed by atoms with Crippen molar-refractivity contribution in [3.8, 4) is 5.75 Å². The van der Waals surface area contributed by atoms with E-state index in [0.29, 0.717) is 5.16 Å². The first-order valence-corrected chi connectivity index (χ1v) is 7.52. The summed E-state index contributed by atoms with van der Waals surface area (Å²) in [6.45, 7) is 2.03. The fourth-order valence-electron chi connectivity index (χ4n) is 1.76. The highest BCUT2D eigenvalue weighted by Crippen LogP contribution is 2.29.